The zero-order valence-corrected chi connectivity index (χ0v) is 7.49. The maximum absolute atomic E-state index is 9.32. The van der Waals surface area contributed by atoms with Gasteiger partial charge in [0.15, 0.2) is 0 Å². The predicted molar refractivity (Wildman–Crippen MR) is 44.6 cm³/mol. The zero-order chi connectivity index (χ0) is 8.34. The average Bonchev–Trinajstić information content (AvgIpc) is 2.54. The van der Waals surface area contributed by atoms with Crippen LogP contribution in [-0.2, 0) is 4.74 Å². The van der Waals surface area contributed by atoms with Crippen molar-refractivity contribution < 1.29 is 9.84 Å². The van der Waals surface area contributed by atoms with Crippen molar-refractivity contribution in [2.45, 2.75) is 25.9 Å². The topological polar surface area (TPSA) is 29.5 Å². The molecule has 2 aliphatic carbocycles. The Balaban J connectivity index is 1.99. The van der Waals surface area contributed by atoms with E-state index in [-0.39, 0.29) is 0 Å². The summed E-state index contributed by atoms with van der Waals surface area (Å²) in [7, 11) is 0. The van der Waals surface area contributed by atoms with Crippen molar-refractivity contribution in [3.8, 4) is 0 Å². The van der Waals surface area contributed by atoms with Gasteiger partial charge in [-0.25, -0.2) is 0 Å². The van der Waals surface area contributed by atoms with Crippen LogP contribution in [0.4, 0.5) is 0 Å². The smallest absolute Gasteiger partial charge is 0.0612 e. The lowest BCUT2D eigenvalue weighted by atomic mass is 9.72. The van der Waals surface area contributed by atoms with Gasteiger partial charge in [-0.2, -0.15) is 0 Å². The monoisotopic (exact) mass is 168 g/mol. The molecule has 1 aliphatic heterocycles. The highest BCUT2D eigenvalue weighted by molar-refractivity contribution is 5.10. The molecule has 0 aromatic heterocycles. The van der Waals surface area contributed by atoms with Crippen LogP contribution in [0.2, 0.25) is 0 Å². The van der Waals surface area contributed by atoms with Crippen molar-refractivity contribution in [2.24, 2.45) is 23.2 Å². The number of ether oxygens (including phenoxy) is 1. The Kier molecular flexibility index (Phi) is 1.25. The molecule has 2 bridgehead atoms. The molecule has 3 aliphatic rings. The van der Waals surface area contributed by atoms with Gasteiger partial charge in [0.1, 0.15) is 0 Å². The number of fused-ring (bicyclic) bond motifs is 1. The fourth-order valence-electron chi connectivity index (χ4n) is 3.92. The number of hydrogen-bond donors (Lipinski definition) is 1. The summed E-state index contributed by atoms with van der Waals surface area (Å²) in [5.41, 5.74) is 0.408. The molecular weight excluding hydrogens is 152 g/mol. The fourth-order valence-corrected chi connectivity index (χ4v) is 3.92. The molecular formula is C10H16O2. The van der Waals surface area contributed by atoms with Gasteiger partial charge < -0.3 is 9.84 Å². The minimum Gasteiger partial charge on any atom is -0.396 e. The molecule has 68 valence electrons. The summed E-state index contributed by atoms with van der Waals surface area (Å²) in [6.45, 7) is 3.61. The summed E-state index contributed by atoms with van der Waals surface area (Å²) in [5.74, 6) is 1.99. The third-order valence-electron chi connectivity index (χ3n) is 4.51. The second-order valence-corrected chi connectivity index (χ2v) is 5.05. The fraction of sp³-hybridized carbons (Fsp3) is 1.00. The number of hydrogen-bond acceptors (Lipinski definition) is 2. The molecule has 2 saturated carbocycles. The van der Waals surface area contributed by atoms with Crippen LogP contribution < -0.4 is 0 Å². The van der Waals surface area contributed by atoms with Crippen LogP contribution in [0.15, 0.2) is 0 Å². The van der Waals surface area contributed by atoms with Crippen LogP contribution in [0.3, 0.4) is 0 Å². The minimum atomic E-state index is 0.369. The van der Waals surface area contributed by atoms with Crippen LogP contribution in [0.1, 0.15) is 19.8 Å². The van der Waals surface area contributed by atoms with Crippen molar-refractivity contribution >= 4 is 0 Å². The molecule has 3 rings (SSSR count). The molecule has 0 spiro atoms. The van der Waals surface area contributed by atoms with Gasteiger partial charge in [-0.15, -0.1) is 0 Å². The normalized spacial score (nSPS) is 61.5. The van der Waals surface area contributed by atoms with E-state index in [2.05, 4.69) is 6.92 Å². The molecule has 0 aromatic rings. The van der Waals surface area contributed by atoms with Crippen LogP contribution in [0, 0.1) is 23.2 Å². The molecule has 5 atom stereocenters. The third-order valence-corrected chi connectivity index (χ3v) is 4.51. The summed E-state index contributed by atoms with van der Waals surface area (Å²) in [5, 5.41) is 9.32. The van der Waals surface area contributed by atoms with E-state index in [0.29, 0.717) is 30.0 Å². The Morgan fingerprint density at radius 2 is 2.25 bits per heavy atom. The first-order valence-corrected chi connectivity index (χ1v) is 4.97. The van der Waals surface area contributed by atoms with Crippen molar-refractivity contribution in [3.05, 3.63) is 0 Å². The molecule has 2 heteroatoms. The van der Waals surface area contributed by atoms with Crippen LogP contribution >= 0.6 is 0 Å². The van der Waals surface area contributed by atoms with Gasteiger partial charge in [-0.05, 0) is 36.0 Å². The third kappa shape index (κ3) is 0.647. The number of aliphatic hydroxyl groups is 1. The molecule has 1 saturated heterocycles. The number of aliphatic hydroxyl groups excluding tert-OH is 1. The van der Waals surface area contributed by atoms with Gasteiger partial charge in [0.25, 0.3) is 0 Å². The zero-order valence-electron chi connectivity index (χ0n) is 7.49. The van der Waals surface area contributed by atoms with Crippen LogP contribution in [0.5, 0.6) is 0 Å². The molecule has 0 amide bonds. The van der Waals surface area contributed by atoms with Gasteiger partial charge in [-0.3, -0.25) is 0 Å². The Morgan fingerprint density at radius 3 is 3.00 bits per heavy atom. The minimum absolute atomic E-state index is 0.369. The van der Waals surface area contributed by atoms with Gasteiger partial charge in [-0.1, -0.05) is 6.92 Å². The van der Waals surface area contributed by atoms with Crippen molar-refractivity contribution in [1.82, 2.24) is 0 Å². The van der Waals surface area contributed by atoms with E-state index in [1.165, 1.54) is 12.8 Å². The first kappa shape index (κ1) is 7.34. The standard InChI is InChI=1S/C10H16O2/c1-10-2-6-7(8(10)4-11)5-12-9(6)3-10/h6-9,11H,2-5H2,1H3/t6-,7+,8+,9+,10+/m0/s1. The Bertz CT molecular complexity index is 212. The first-order valence-electron chi connectivity index (χ1n) is 4.97. The highest BCUT2D eigenvalue weighted by Gasteiger charge is 2.62. The lowest BCUT2D eigenvalue weighted by molar-refractivity contribution is 0.0758. The average molecular weight is 168 g/mol. The highest BCUT2D eigenvalue weighted by atomic mass is 16.5. The predicted octanol–water partition coefficient (Wildman–Crippen LogP) is 1.04. The van der Waals surface area contributed by atoms with Gasteiger partial charge in [0, 0.05) is 6.61 Å². The van der Waals surface area contributed by atoms with Crippen molar-refractivity contribution in [1.29, 1.82) is 0 Å². The molecule has 12 heavy (non-hydrogen) atoms. The number of rotatable bonds is 1. The van der Waals surface area contributed by atoms with E-state index < -0.39 is 0 Å². The Morgan fingerprint density at radius 1 is 1.42 bits per heavy atom. The quantitative estimate of drug-likeness (QED) is 0.634. The molecule has 1 N–H and O–H groups in total. The lowest BCUT2D eigenvalue weighted by Gasteiger charge is -2.32. The summed E-state index contributed by atoms with van der Waals surface area (Å²) in [4.78, 5) is 0. The molecule has 2 nitrogen and oxygen atoms in total. The van der Waals surface area contributed by atoms with Crippen LogP contribution in [0.25, 0.3) is 0 Å². The molecule has 0 unspecified atom stereocenters. The summed E-state index contributed by atoms with van der Waals surface area (Å²) in [6.07, 6.45) is 3.04. The summed E-state index contributed by atoms with van der Waals surface area (Å²) in [6, 6.07) is 0. The largest absolute Gasteiger partial charge is 0.396 e. The van der Waals surface area contributed by atoms with Crippen molar-refractivity contribution in [2.75, 3.05) is 13.2 Å². The van der Waals surface area contributed by atoms with E-state index in [0.717, 1.165) is 12.5 Å². The SMILES string of the molecule is C[C@@]12C[C@H]3[C@@H](CO[C@@H]3C1)[C@H]2CO. The Hall–Kier alpha value is -0.0800. The van der Waals surface area contributed by atoms with Crippen molar-refractivity contribution in [3.63, 3.8) is 0 Å². The maximum atomic E-state index is 9.32. The second-order valence-electron chi connectivity index (χ2n) is 5.05. The summed E-state index contributed by atoms with van der Waals surface area (Å²) < 4.78 is 5.72. The molecule has 0 radical (unpaired) electrons. The first-order chi connectivity index (χ1) is 5.74. The van der Waals surface area contributed by atoms with E-state index in [1.54, 1.807) is 0 Å². The highest BCUT2D eigenvalue weighted by Crippen LogP contribution is 2.63. The van der Waals surface area contributed by atoms with E-state index in [4.69, 9.17) is 4.74 Å². The van der Waals surface area contributed by atoms with E-state index in [1.807, 2.05) is 0 Å². The molecule has 1 heterocycles. The lowest BCUT2D eigenvalue weighted by Crippen LogP contribution is -2.33. The molecule has 0 aromatic carbocycles. The van der Waals surface area contributed by atoms with Gasteiger partial charge >= 0.3 is 0 Å². The Labute approximate surface area is 72.9 Å². The maximum Gasteiger partial charge on any atom is 0.0612 e. The molecule has 3 fully saturated rings. The second kappa shape index (κ2) is 2.05. The van der Waals surface area contributed by atoms with E-state index >= 15 is 0 Å². The summed E-state index contributed by atoms with van der Waals surface area (Å²) >= 11 is 0. The van der Waals surface area contributed by atoms with Gasteiger partial charge in [0.2, 0.25) is 0 Å². The van der Waals surface area contributed by atoms with E-state index in [9.17, 15) is 5.11 Å². The van der Waals surface area contributed by atoms with Gasteiger partial charge in [0.05, 0.1) is 12.7 Å². The van der Waals surface area contributed by atoms with Crippen LogP contribution in [-0.4, -0.2) is 24.4 Å².